The fourth-order valence-corrected chi connectivity index (χ4v) is 3.65. The molecule has 0 spiro atoms. The minimum Gasteiger partial charge on any atom is -0.482 e. The summed E-state index contributed by atoms with van der Waals surface area (Å²) in [5.41, 5.74) is 1.24. The molecule has 1 saturated heterocycles. The van der Waals surface area contributed by atoms with Crippen molar-refractivity contribution in [2.24, 2.45) is 0 Å². The molecule has 0 saturated carbocycles. The molecule has 7 nitrogen and oxygen atoms in total. The van der Waals surface area contributed by atoms with Crippen LogP contribution < -0.4 is 15.0 Å². The molecule has 2 N–H and O–H groups in total. The normalized spacial score (nSPS) is 15.0. The van der Waals surface area contributed by atoms with E-state index in [9.17, 15) is 14.4 Å². The Bertz CT molecular complexity index is 1180. The molecule has 0 unspecified atom stereocenters. The Hall–Kier alpha value is -3.20. The molecule has 0 bridgehead atoms. The Balaban J connectivity index is 2.00. The van der Waals surface area contributed by atoms with Gasteiger partial charge in [0, 0.05) is 0 Å². The van der Waals surface area contributed by atoms with Gasteiger partial charge in [-0.15, -0.1) is 6.58 Å². The molecule has 1 heterocycles. The average Bonchev–Trinajstić information content (AvgIpc) is 2.73. The molecule has 0 aliphatic carbocycles. The van der Waals surface area contributed by atoms with Crippen molar-refractivity contribution < 1.29 is 24.2 Å². The van der Waals surface area contributed by atoms with Crippen molar-refractivity contribution in [2.45, 2.75) is 6.42 Å². The van der Waals surface area contributed by atoms with E-state index in [4.69, 9.17) is 45.3 Å². The summed E-state index contributed by atoms with van der Waals surface area (Å²) in [6.45, 7) is 3.18. The van der Waals surface area contributed by atoms with Crippen LogP contribution in [0.5, 0.6) is 5.75 Å². The predicted octanol–water partition coefficient (Wildman–Crippen LogP) is 4.02. The Labute approximate surface area is 198 Å². The quantitative estimate of drug-likeness (QED) is 0.263. The second-order valence-corrected chi connectivity index (χ2v) is 7.75. The summed E-state index contributed by atoms with van der Waals surface area (Å²) in [4.78, 5) is 37.6. The van der Waals surface area contributed by atoms with Crippen LogP contribution in [0.4, 0.5) is 5.69 Å². The van der Waals surface area contributed by atoms with Gasteiger partial charge in [0.25, 0.3) is 11.8 Å². The molecule has 2 aromatic rings. The van der Waals surface area contributed by atoms with Crippen molar-refractivity contribution in [2.75, 3.05) is 11.5 Å². The third-order valence-corrected chi connectivity index (χ3v) is 5.48. The maximum atomic E-state index is 13.2. The first-order valence-corrected chi connectivity index (χ1v) is 10.3. The van der Waals surface area contributed by atoms with Crippen LogP contribution in [0.15, 0.2) is 54.6 Å². The minimum absolute atomic E-state index is 0.119. The number of carbonyl (C=O) groups is 3. The highest BCUT2D eigenvalue weighted by Gasteiger charge is 2.35. The summed E-state index contributed by atoms with van der Waals surface area (Å²) in [5.74, 6) is -2.08. The van der Waals surface area contributed by atoms with Crippen LogP contribution in [0.3, 0.4) is 0 Å². The summed E-state index contributed by atoms with van der Waals surface area (Å²) in [6, 6.07) is 9.57. The monoisotopic (exact) mass is 490 g/mol. The molecular formula is C22H16Cl2N2O5S. The number of amides is 2. The number of aliphatic carboxylic acids is 1. The van der Waals surface area contributed by atoms with Crippen molar-refractivity contribution in [3.05, 3.63) is 75.8 Å². The fourth-order valence-electron chi connectivity index (χ4n) is 2.99. The van der Waals surface area contributed by atoms with E-state index in [2.05, 4.69) is 11.9 Å². The highest BCUT2D eigenvalue weighted by atomic mass is 35.5. The lowest BCUT2D eigenvalue weighted by atomic mass is 10.0. The summed E-state index contributed by atoms with van der Waals surface area (Å²) in [5, 5.41) is 11.5. The zero-order chi connectivity index (χ0) is 23.4. The smallest absolute Gasteiger partial charge is 0.341 e. The number of nitrogens with zero attached hydrogens (tertiary/aromatic N) is 1. The van der Waals surface area contributed by atoms with E-state index in [1.54, 1.807) is 42.5 Å². The number of carboxylic acids is 1. The number of ether oxygens (including phenoxy) is 1. The molecule has 0 atom stereocenters. The molecule has 164 valence electrons. The van der Waals surface area contributed by atoms with Gasteiger partial charge in [0.15, 0.2) is 11.7 Å². The largest absolute Gasteiger partial charge is 0.482 e. The van der Waals surface area contributed by atoms with E-state index in [1.165, 1.54) is 6.08 Å². The number of halogens is 2. The van der Waals surface area contributed by atoms with Gasteiger partial charge in [0.2, 0.25) is 0 Å². The third kappa shape index (κ3) is 4.99. The van der Waals surface area contributed by atoms with Gasteiger partial charge < -0.3 is 9.84 Å². The van der Waals surface area contributed by atoms with Crippen LogP contribution >= 0.6 is 35.4 Å². The zero-order valence-corrected chi connectivity index (χ0v) is 18.8. The maximum Gasteiger partial charge on any atom is 0.341 e. The second-order valence-electron chi connectivity index (χ2n) is 6.57. The lowest BCUT2D eigenvalue weighted by Gasteiger charge is -2.29. The standard InChI is InChI=1S/C22H16Cl2N2O5S/c1-2-4-13-9-12(7-8-17(13)31-11-18(27)28)10-14-20(29)25-22(32)26(21(14)30)16-6-3-5-15(23)19(16)24/h2-3,5-10H,1,4,11H2,(H,27,28)(H,25,29,32)/b14-10+. The predicted molar refractivity (Wildman–Crippen MR) is 126 cm³/mol. The minimum atomic E-state index is -1.11. The molecule has 1 aliphatic heterocycles. The lowest BCUT2D eigenvalue weighted by molar-refractivity contribution is -0.139. The molecular weight excluding hydrogens is 475 g/mol. The number of carbonyl (C=O) groups excluding carboxylic acids is 2. The van der Waals surface area contributed by atoms with E-state index in [1.807, 2.05) is 0 Å². The molecule has 2 aromatic carbocycles. The summed E-state index contributed by atoms with van der Waals surface area (Å²) in [7, 11) is 0. The van der Waals surface area contributed by atoms with Gasteiger partial charge in [0.1, 0.15) is 11.3 Å². The first kappa shape index (κ1) is 23.5. The topological polar surface area (TPSA) is 95.9 Å². The summed E-state index contributed by atoms with van der Waals surface area (Å²) >= 11 is 17.5. The number of benzene rings is 2. The molecule has 1 aliphatic rings. The van der Waals surface area contributed by atoms with Crippen LogP contribution in [-0.4, -0.2) is 34.6 Å². The van der Waals surface area contributed by atoms with Crippen molar-refractivity contribution in [3.63, 3.8) is 0 Å². The van der Waals surface area contributed by atoms with E-state index >= 15 is 0 Å². The first-order valence-electron chi connectivity index (χ1n) is 9.16. The summed E-state index contributed by atoms with van der Waals surface area (Å²) < 4.78 is 5.28. The number of nitrogens with one attached hydrogen (secondary N) is 1. The van der Waals surface area contributed by atoms with Crippen molar-refractivity contribution in [1.82, 2.24) is 5.32 Å². The number of carboxylic acid groups (broad SMARTS) is 1. The SMILES string of the molecule is C=CCc1cc(/C=C2\C(=O)NC(=S)N(c3cccc(Cl)c3Cl)C2=O)ccc1OCC(=O)O. The van der Waals surface area contributed by atoms with Gasteiger partial charge in [0.05, 0.1) is 15.7 Å². The van der Waals surface area contributed by atoms with Crippen molar-refractivity contribution in [1.29, 1.82) is 0 Å². The van der Waals surface area contributed by atoms with Gasteiger partial charge >= 0.3 is 5.97 Å². The Morgan fingerprint density at radius 2 is 2.00 bits per heavy atom. The highest BCUT2D eigenvalue weighted by molar-refractivity contribution is 7.80. The number of hydrogen-bond acceptors (Lipinski definition) is 5. The number of rotatable bonds is 7. The van der Waals surface area contributed by atoms with Crippen LogP contribution in [0.2, 0.25) is 10.0 Å². The van der Waals surface area contributed by atoms with Crippen LogP contribution in [0.1, 0.15) is 11.1 Å². The maximum absolute atomic E-state index is 13.2. The molecule has 10 heteroatoms. The molecule has 3 rings (SSSR count). The Morgan fingerprint density at radius 1 is 1.25 bits per heavy atom. The van der Waals surface area contributed by atoms with Gasteiger partial charge in [-0.3, -0.25) is 19.8 Å². The second kappa shape index (κ2) is 9.95. The molecule has 2 amide bonds. The average molecular weight is 491 g/mol. The van der Waals surface area contributed by atoms with Gasteiger partial charge in [-0.25, -0.2) is 4.79 Å². The number of hydrogen-bond donors (Lipinski definition) is 2. The van der Waals surface area contributed by atoms with Crippen LogP contribution in [0.25, 0.3) is 6.08 Å². The van der Waals surface area contributed by atoms with Crippen LogP contribution in [0, 0.1) is 0 Å². The molecule has 0 aromatic heterocycles. The highest BCUT2D eigenvalue weighted by Crippen LogP contribution is 2.34. The van der Waals surface area contributed by atoms with Gasteiger partial charge in [-0.2, -0.15) is 0 Å². The number of thiocarbonyl (C=S) groups is 1. The fraction of sp³-hybridized carbons (Fsp3) is 0.0909. The molecule has 0 radical (unpaired) electrons. The van der Waals surface area contributed by atoms with E-state index in [-0.39, 0.29) is 26.4 Å². The van der Waals surface area contributed by atoms with E-state index < -0.39 is 24.4 Å². The number of allylic oxidation sites excluding steroid dienone is 1. The van der Waals surface area contributed by atoms with E-state index in [0.717, 1.165) is 4.90 Å². The lowest BCUT2D eigenvalue weighted by Crippen LogP contribution is -2.54. The molecule has 1 fully saturated rings. The Morgan fingerprint density at radius 3 is 2.69 bits per heavy atom. The number of anilines is 1. The van der Waals surface area contributed by atoms with Crippen LogP contribution in [-0.2, 0) is 20.8 Å². The Kier molecular flexibility index (Phi) is 7.29. The van der Waals surface area contributed by atoms with Crippen molar-refractivity contribution >= 4 is 70.1 Å². The summed E-state index contributed by atoms with van der Waals surface area (Å²) in [6.07, 6.45) is 3.42. The van der Waals surface area contributed by atoms with Crippen molar-refractivity contribution in [3.8, 4) is 5.75 Å². The van der Waals surface area contributed by atoms with E-state index in [0.29, 0.717) is 23.3 Å². The first-order chi connectivity index (χ1) is 15.2. The third-order valence-electron chi connectivity index (χ3n) is 4.38. The van der Waals surface area contributed by atoms with Gasteiger partial charge in [-0.1, -0.05) is 41.4 Å². The molecule has 32 heavy (non-hydrogen) atoms. The zero-order valence-electron chi connectivity index (χ0n) is 16.4. The van der Waals surface area contributed by atoms with Gasteiger partial charge in [-0.05, 0) is 60.1 Å².